The molecule has 1 fully saturated rings. The van der Waals surface area contributed by atoms with Crippen molar-refractivity contribution in [3.05, 3.63) is 100 Å². The molecule has 1 saturated heterocycles. The van der Waals surface area contributed by atoms with Crippen molar-refractivity contribution in [1.82, 2.24) is 19.6 Å². The van der Waals surface area contributed by atoms with E-state index in [4.69, 9.17) is 5.10 Å². The van der Waals surface area contributed by atoms with Gasteiger partial charge in [-0.1, -0.05) is 77.9 Å². The molecule has 0 saturated carbocycles. The predicted molar refractivity (Wildman–Crippen MR) is 175 cm³/mol. The number of hydrogen-bond acceptors (Lipinski definition) is 5. The van der Waals surface area contributed by atoms with Gasteiger partial charge in [0, 0.05) is 45.6 Å². The normalized spacial score (nSPS) is 13.5. The number of hydrogen-bond donors (Lipinski definition) is 1. The SMILES string of the molecule is Cc1[nH]c2c(-c3ccccc3)c(-c3ccccc3)nn2c(=O)c1-c1ccc(N=NN2CCCCC2)c(C#CSI)c1. The number of piperidine rings is 1. The third-order valence-corrected chi connectivity index (χ3v) is 8.04. The van der Waals surface area contributed by atoms with Crippen molar-refractivity contribution < 1.29 is 0 Å². The van der Waals surface area contributed by atoms with Crippen molar-refractivity contribution in [3.63, 3.8) is 0 Å². The number of nitrogens with zero attached hydrogens (tertiary/aromatic N) is 5. The molecule has 7 nitrogen and oxygen atoms in total. The van der Waals surface area contributed by atoms with Crippen LogP contribution < -0.4 is 5.56 Å². The first-order valence-electron chi connectivity index (χ1n) is 13.5. The van der Waals surface area contributed by atoms with Gasteiger partial charge in [0.05, 0.1) is 16.7 Å². The Morgan fingerprint density at radius 2 is 1.61 bits per heavy atom. The number of fused-ring (bicyclic) bond motifs is 1. The minimum absolute atomic E-state index is 0.194. The van der Waals surface area contributed by atoms with E-state index in [-0.39, 0.29) is 5.56 Å². The van der Waals surface area contributed by atoms with E-state index in [0.717, 1.165) is 65.1 Å². The highest BCUT2D eigenvalue weighted by Crippen LogP contribution is 2.35. The Morgan fingerprint density at radius 1 is 0.902 bits per heavy atom. The first-order chi connectivity index (χ1) is 20.1. The van der Waals surface area contributed by atoms with Crippen LogP contribution in [-0.2, 0) is 0 Å². The van der Waals surface area contributed by atoms with Gasteiger partial charge in [-0.15, -0.1) is 5.11 Å². The molecule has 2 aromatic heterocycles. The number of rotatable bonds is 5. The van der Waals surface area contributed by atoms with E-state index in [0.29, 0.717) is 16.9 Å². The maximum atomic E-state index is 14.1. The molecular formula is C32H27IN6OS. The summed E-state index contributed by atoms with van der Waals surface area (Å²) in [6.45, 7) is 3.76. The molecule has 0 unspecified atom stereocenters. The van der Waals surface area contributed by atoms with Crippen LogP contribution in [0.4, 0.5) is 5.69 Å². The van der Waals surface area contributed by atoms with Crippen molar-refractivity contribution in [2.24, 2.45) is 10.3 Å². The molecule has 0 spiro atoms. The van der Waals surface area contributed by atoms with E-state index >= 15 is 0 Å². The fourth-order valence-corrected chi connectivity index (χ4v) is 5.71. The summed E-state index contributed by atoms with van der Waals surface area (Å²) in [6, 6.07) is 25.7. The molecule has 1 N–H and O–H groups in total. The lowest BCUT2D eigenvalue weighted by molar-refractivity contribution is 0.224. The lowest BCUT2D eigenvalue weighted by Gasteiger charge is -2.21. The van der Waals surface area contributed by atoms with Gasteiger partial charge in [-0.25, -0.2) is 0 Å². The summed E-state index contributed by atoms with van der Waals surface area (Å²) in [5.41, 5.74) is 7.50. The van der Waals surface area contributed by atoms with Crippen LogP contribution in [0, 0.1) is 18.1 Å². The van der Waals surface area contributed by atoms with Gasteiger partial charge < -0.3 is 4.98 Å². The minimum Gasteiger partial charge on any atom is -0.343 e. The summed E-state index contributed by atoms with van der Waals surface area (Å²) in [5.74, 6) is 3.19. The zero-order chi connectivity index (χ0) is 28.2. The summed E-state index contributed by atoms with van der Waals surface area (Å²) in [7, 11) is 1.41. The maximum absolute atomic E-state index is 14.1. The van der Waals surface area contributed by atoms with Crippen LogP contribution in [0.5, 0.6) is 0 Å². The molecule has 3 aromatic carbocycles. The molecule has 1 aliphatic heterocycles. The lowest BCUT2D eigenvalue weighted by atomic mass is 10.0. The molecule has 0 aliphatic carbocycles. The molecule has 9 heteroatoms. The van der Waals surface area contributed by atoms with Crippen LogP contribution >= 0.6 is 30.1 Å². The average Bonchev–Trinajstić information content (AvgIpc) is 3.40. The standard InChI is InChI=1S/C32H27IN6OS/c1-22-28(26-15-16-27(25(21-26)17-20-41-33)35-37-38-18-9-4-10-19-38)32(40)39-31(34-22)29(23-11-5-2-6-12-23)30(36-39)24-13-7-3-8-14-24/h2-3,5-8,11-16,21,34H,4,9-10,18-19H2,1H3. The summed E-state index contributed by atoms with van der Waals surface area (Å²) in [5, 5.41) is 18.9. The van der Waals surface area contributed by atoms with E-state index < -0.39 is 0 Å². The van der Waals surface area contributed by atoms with Crippen LogP contribution in [0.2, 0.25) is 0 Å². The fourth-order valence-electron chi connectivity index (χ4n) is 5.23. The van der Waals surface area contributed by atoms with E-state index in [2.05, 4.69) is 47.7 Å². The van der Waals surface area contributed by atoms with Gasteiger partial charge in [-0.05, 0) is 63.6 Å². The molecule has 0 amide bonds. The third-order valence-electron chi connectivity index (χ3n) is 7.20. The average molecular weight is 671 g/mol. The van der Waals surface area contributed by atoms with Gasteiger partial charge in [0.15, 0.2) is 0 Å². The molecule has 204 valence electrons. The van der Waals surface area contributed by atoms with Crippen LogP contribution in [0.3, 0.4) is 0 Å². The summed E-state index contributed by atoms with van der Waals surface area (Å²) in [4.78, 5) is 17.6. The Bertz CT molecular complexity index is 1850. The number of halogens is 1. The Labute approximate surface area is 254 Å². The first kappa shape index (κ1) is 27.3. The summed E-state index contributed by atoms with van der Waals surface area (Å²) >= 11 is 2.15. The van der Waals surface area contributed by atoms with Crippen molar-refractivity contribution in [1.29, 1.82) is 0 Å². The molecule has 3 heterocycles. The van der Waals surface area contributed by atoms with E-state index in [1.807, 2.05) is 90.8 Å². The number of nitrogens with one attached hydrogen (secondary N) is 1. The van der Waals surface area contributed by atoms with Gasteiger partial charge in [0.2, 0.25) is 0 Å². The monoisotopic (exact) mass is 670 g/mol. The second-order valence-electron chi connectivity index (χ2n) is 9.89. The molecule has 6 rings (SSSR count). The Kier molecular flexibility index (Phi) is 8.21. The zero-order valence-corrected chi connectivity index (χ0v) is 25.4. The molecule has 41 heavy (non-hydrogen) atoms. The van der Waals surface area contributed by atoms with Gasteiger partial charge in [-0.3, -0.25) is 9.80 Å². The maximum Gasteiger partial charge on any atom is 0.282 e. The predicted octanol–water partition coefficient (Wildman–Crippen LogP) is 8.21. The molecule has 1 aliphatic rings. The van der Waals surface area contributed by atoms with Gasteiger partial charge in [0.25, 0.3) is 5.56 Å². The minimum atomic E-state index is -0.194. The number of benzene rings is 3. The quantitative estimate of drug-likeness (QED) is 0.116. The molecule has 0 atom stereocenters. The molecular weight excluding hydrogens is 643 g/mol. The smallest absolute Gasteiger partial charge is 0.282 e. The fraction of sp³-hybridized carbons (Fsp3) is 0.188. The Hall–Kier alpha value is -3.88. The van der Waals surface area contributed by atoms with Crippen molar-refractivity contribution >= 4 is 41.5 Å². The van der Waals surface area contributed by atoms with Crippen LogP contribution in [0.25, 0.3) is 39.2 Å². The molecule has 5 aromatic rings. The topological polar surface area (TPSA) is 78.1 Å². The number of H-pyrrole nitrogens is 1. The van der Waals surface area contributed by atoms with Crippen molar-refractivity contribution in [2.45, 2.75) is 26.2 Å². The van der Waals surface area contributed by atoms with Gasteiger partial charge in [-0.2, -0.15) is 9.61 Å². The second kappa shape index (κ2) is 12.3. The Balaban J connectivity index is 1.50. The number of aryl methyl sites for hydroxylation is 1. The third kappa shape index (κ3) is 5.67. The van der Waals surface area contributed by atoms with E-state index in [1.165, 1.54) is 19.9 Å². The first-order valence-corrected chi connectivity index (χ1v) is 16.9. The highest BCUT2D eigenvalue weighted by molar-refractivity contribution is 14.2. The summed E-state index contributed by atoms with van der Waals surface area (Å²) < 4.78 is 1.49. The zero-order valence-electron chi connectivity index (χ0n) is 22.5. The molecule has 0 radical (unpaired) electrons. The van der Waals surface area contributed by atoms with Crippen molar-refractivity contribution in [3.8, 4) is 44.7 Å². The van der Waals surface area contributed by atoms with Gasteiger partial charge in [0.1, 0.15) is 17.0 Å². The van der Waals surface area contributed by atoms with Crippen LogP contribution in [0.1, 0.15) is 30.5 Å². The van der Waals surface area contributed by atoms with Gasteiger partial charge >= 0.3 is 0 Å². The van der Waals surface area contributed by atoms with Crippen molar-refractivity contribution in [2.75, 3.05) is 13.1 Å². The van der Waals surface area contributed by atoms with E-state index in [1.54, 1.807) is 0 Å². The van der Waals surface area contributed by atoms with Crippen LogP contribution in [-0.4, -0.2) is 32.7 Å². The second-order valence-corrected chi connectivity index (χ2v) is 11.6. The lowest BCUT2D eigenvalue weighted by Crippen LogP contribution is -2.23. The van der Waals surface area contributed by atoms with E-state index in [9.17, 15) is 4.79 Å². The Morgan fingerprint density at radius 3 is 2.32 bits per heavy atom. The largest absolute Gasteiger partial charge is 0.343 e. The molecule has 0 bridgehead atoms. The van der Waals surface area contributed by atoms with Crippen LogP contribution in [0.15, 0.2) is 94.0 Å². The number of aromatic amines is 1. The highest BCUT2D eigenvalue weighted by atomic mass is 127. The summed E-state index contributed by atoms with van der Waals surface area (Å²) in [6.07, 6.45) is 3.50. The highest BCUT2D eigenvalue weighted by Gasteiger charge is 2.22. The number of aromatic nitrogens is 3.